The van der Waals surface area contributed by atoms with Crippen LogP contribution in [0, 0.1) is 0 Å². The van der Waals surface area contributed by atoms with Crippen molar-refractivity contribution in [3.05, 3.63) is 0 Å². The predicted octanol–water partition coefficient (Wildman–Crippen LogP) is 1.81. The van der Waals surface area contributed by atoms with Gasteiger partial charge in [0.25, 0.3) is 0 Å². The van der Waals surface area contributed by atoms with Crippen molar-refractivity contribution in [3.63, 3.8) is 0 Å². The quantitative estimate of drug-likeness (QED) is 0.816. The molecule has 0 bridgehead atoms. The summed E-state index contributed by atoms with van der Waals surface area (Å²) in [5.41, 5.74) is 0. The first-order chi connectivity index (χ1) is 6.97. The Bertz CT molecular complexity index is 213. The van der Waals surface area contributed by atoms with Gasteiger partial charge in [0, 0.05) is 17.3 Å². The fourth-order valence-electron chi connectivity index (χ4n) is 1.50. The van der Waals surface area contributed by atoms with Gasteiger partial charge in [-0.05, 0) is 19.4 Å². The molecule has 1 fully saturated rings. The summed E-state index contributed by atoms with van der Waals surface area (Å²) in [5.74, 6) is 0.722. The van der Waals surface area contributed by atoms with E-state index in [1.165, 1.54) is 12.8 Å². The second kappa shape index (κ2) is 7.41. The number of hydrogen-bond acceptors (Lipinski definition) is 3. The number of carbonyl (C=O) groups is 1. The molecule has 0 aromatic heterocycles. The second-order valence-corrected chi connectivity index (χ2v) is 6.80. The maximum absolute atomic E-state index is 11.5. The molecule has 0 aromatic carbocycles. The van der Waals surface area contributed by atoms with Crippen LogP contribution in [0.5, 0.6) is 0 Å². The smallest absolute Gasteiger partial charge is 0.230 e. The summed E-state index contributed by atoms with van der Waals surface area (Å²) in [6.45, 7) is 8.26. The van der Waals surface area contributed by atoms with Gasteiger partial charge in [0.1, 0.15) is 0 Å². The Hall–Kier alpha value is 0.0700. The van der Waals surface area contributed by atoms with Crippen molar-refractivity contribution < 1.29 is 4.79 Å². The number of nitrogens with one attached hydrogen (secondary N) is 2. The average Bonchev–Trinajstić information content (AvgIpc) is 2.62. The number of carbonyl (C=O) groups excluding carboxylic acids is 1. The minimum Gasteiger partial charge on any atom is -0.354 e. The topological polar surface area (TPSA) is 41.1 Å². The first-order valence-electron chi connectivity index (χ1n) is 5.61. The van der Waals surface area contributed by atoms with Gasteiger partial charge in [-0.1, -0.05) is 20.8 Å². The lowest BCUT2D eigenvalue weighted by atomic mass is 10.2. The van der Waals surface area contributed by atoms with Gasteiger partial charge in [-0.3, -0.25) is 4.79 Å². The molecular formula is C11H23ClN2OS. The summed E-state index contributed by atoms with van der Waals surface area (Å²) in [7, 11) is 0. The van der Waals surface area contributed by atoms with Crippen LogP contribution in [-0.4, -0.2) is 35.5 Å². The van der Waals surface area contributed by atoms with Crippen molar-refractivity contribution in [2.24, 2.45) is 0 Å². The highest BCUT2D eigenvalue weighted by atomic mass is 35.5. The Kier molecular flexibility index (Phi) is 7.44. The first-order valence-corrected chi connectivity index (χ1v) is 6.60. The Morgan fingerprint density at radius 1 is 1.50 bits per heavy atom. The SMILES string of the molecule is CC(C)(C)SCC(=O)NCC1CCCN1.Cl. The van der Waals surface area contributed by atoms with E-state index >= 15 is 0 Å². The van der Waals surface area contributed by atoms with Gasteiger partial charge in [0.2, 0.25) is 5.91 Å². The molecule has 5 heteroatoms. The summed E-state index contributed by atoms with van der Waals surface area (Å²) < 4.78 is 0.170. The fourth-order valence-corrected chi connectivity index (χ4v) is 2.17. The van der Waals surface area contributed by atoms with Crippen molar-refractivity contribution in [1.29, 1.82) is 0 Å². The van der Waals surface area contributed by atoms with E-state index in [2.05, 4.69) is 31.4 Å². The van der Waals surface area contributed by atoms with Gasteiger partial charge < -0.3 is 10.6 Å². The third kappa shape index (κ3) is 7.36. The minimum absolute atomic E-state index is 0. The van der Waals surface area contributed by atoms with E-state index in [1.54, 1.807) is 11.8 Å². The van der Waals surface area contributed by atoms with Crippen LogP contribution in [0.3, 0.4) is 0 Å². The summed E-state index contributed by atoms with van der Waals surface area (Å²) in [6.07, 6.45) is 2.42. The number of rotatable bonds is 4. The molecule has 0 radical (unpaired) electrons. The molecule has 3 nitrogen and oxygen atoms in total. The van der Waals surface area contributed by atoms with Crippen LogP contribution < -0.4 is 10.6 Å². The average molecular weight is 267 g/mol. The van der Waals surface area contributed by atoms with Crippen molar-refractivity contribution in [2.75, 3.05) is 18.8 Å². The van der Waals surface area contributed by atoms with Crippen LogP contribution in [0.2, 0.25) is 0 Å². The lowest BCUT2D eigenvalue weighted by Gasteiger charge is -2.17. The van der Waals surface area contributed by atoms with Gasteiger partial charge in [-0.2, -0.15) is 0 Å². The van der Waals surface area contributed by atoms with E-state index in [9.17, 15) is 4.79 Å². The fraction of sp³-hybridized carbons (Fsp3) is 0.909. The largest absolute Gasteiger partial charge is 0.354 e. The molecule has 1 aliphatic heterocycles. The highest BCUT2D eigenvalue weighted by Gasteiger charge is 2.16. The van der Waals surface area contributed by atoms with E-state index in [4.69, 9.17) is 0 Å². The summed E-state index contributed by atoms with van der Waals surface area (Å²) >= 11 is 1.69. The molecule has 2 N–H and O–H groups in total. The number of amides is 1. The zero-order valence-corrected chi connectivity index (χ0v) is 12.0. The van der Waals surface area contributed by atoms with Crippen LogP contribution in [0.15, 0.2) is 0 Å². The van der Waals surface area contributed by atoms with Crippen LogP contribution >= 0.6 is 24.2 Å². The molecule has 16 heavy (non-hydrogen) atoms. The highest BCUT2D eigenvalue weighted by molar-refractivity contribution is 8.01. The molecule has 0 aliphatic carbocycles. The first kappa shape index (κ1) is 16.1. The molecule has 1 unspecified atom stereocenters. The predicted molar refractivity (Wildman–Crippen MR) is 73.5 cm³/mol. The molecule has 1 atom stereocenters. The Labute approximate surface area is 109 Å². The summed E-state index contributed by atoms with van der Waals surface area (Å²) in [4.78, 5) is 11.5. The monoisotopic (exact) mass is 266 g/mol. The molecule has 0 spiro atoms. The molecule has 1 saturated heterocycles. The van der Waals surface area contributed by atoms with E-state index in [1.807, 2.05) is 0 Å². The van der Waals surface area contributed by atoms with Crippen molar-refractivity contribution >= 4 is 30.1 Å². The Morgan fingerprint density at radius 2 is 2.19 bits per heavy atom. The molecule has 96 valence electrons. The second-order valence-electron chi connectivity index (χ2n) is 5.00. The van der Waals surface area contributed by atoms with Crippen molar-refractivity contribution in [2.45, 2.75) is 44.4 Å². The van der Waals surface area contributed by atoms with E-state index < -0.39 is 0 Å². The van der Waals surface area contributed by atoms with Gasteiger partial charge in [0.05, 0.1) is 5.75 Å². The normalized spacial score (nSPS) is 20.3. The molecular weight excluding hydrogens is 244 g/mol. The molecule has 1 aliphatic rings. The molecule has 1 rings (SSSR count). The van der Waals surface area contributed by atoms with E-state index in [0.29, 0.717) is 11.8 Å². The lowest BCUT2D eigenvalue weighted by molar-refractivity contribution is -0.118. The van der Waals surface area contributed by atoms with Gasteiger partial charge in [-0.15, -0.1) is 24.2 Å². The van der Waals surface area contributed by atoms with Crippen LogP contribution in [0.1, 0.15) is 33.6 Å². The van der Waals surface area contributed by atoms with Gasteiger partial charge in [0.15, 0.2) is 0 Å². The number of thioether (sulfide) groups is 1. The van der Waals surface area contributed by atoms with Crippen LogP contribution in [0.4, 0.5) is 0 Å². The van der Waals surface area contributed by atoms with Crippen LogP contribution in [0.25, 0.3) is 0 Å². The standard InChI is InChI=1S/C11H22N2OS.ClH/c1-11(2,3)15-8-10(14)13-7-9-5-4-6-12-9;/h9,12H,4-8H2,1-3H3,(H,13,14);1H. The third-order valence-electron chi connectivity index (χ3n) is 2.34. The Morgan fingerprint density at radius 3 is 2.69 bits per heavy atom. The summed E-state index contributed by atoms with van der Waals surface area (Å²) in [6, 6.07) is 0.494. The Balaban J connectivity index is 0.00000225. The molecule has 1 amide bonds. The van der Waals surface area contributed by atoms with Gasteiger partial charge in [-0.25, -0.2) is 0 Å². The number of halogens is 1. The van der Waals surface area contributed by atoms with Crippen molar-refractivity contribution in [3.8, 4) is 0 Å². The molecule has 1 heterocycles. The zero-order chi connectivity index (χ0) is 11.3. The zero-order valence-electron chi connectivity index (χ0n) is 10.3. The maximum Gasteiger partial charge on any atom is 0.230 e. The van der Waals surface area contributed by atoms with Crippen LogP contribution in [-0.2, 0) is 4.79 Å². The van der Waals surface area contributed by atoms with Crippen molar-refractivity contribution in [1.82, 2.24) is 10.6 Å². The molecule has 0 aromatic rings. The lowest BCUT2D eigenvalue weighted by Crippen LogP contribution is -2.38. The number of hydrogen-bond donors (Lipinski definition) is 2. The van der Waals surface area contributed by atoms with E-state index in [-0.39, 0.29) is 23.1 Å². The van der Waals surface area contributed by atoms with E-state index in [0.717, 1.165) is 13.1 Å². The minimum atomic E-state index is 0. The maximum atomic E-state index is 11.5. The summed E-state index contributed by atoms with van der Waals surface area (Å²) in [5, 5.41) is 6.34. The highest BCUT2D eigenvalue weighted by Crippen LogP contribution is 2.22. The third-order valence-corrected chi connectivity index (χ3v) is 3.62. The van der Waals surface area contributed by atoms with Gasteiger partial charge >= 0.3 is 0 Å². The molecule has 0 saturated carbocycles.